The van der Waals surface area contributed by atoms with E-state index in [1.807, 2.05) is 12.1 Å². The highest BCUT2D eigenvalue weighted by atomic mass is 19.1. The minimum Gasteiger partial charge on any atom is -0.277 e. The monoisotopic (exact) mass is 175 g/mol. The molecule has 13 heavy (non-hydrogen) atoms. The lowest BCUT2D eigenvalue weighted by Crippen LogP contribution is -1.87. The molecule has 1 saturated carbocycles. The first-order valence-electron chi connectivity index (χ1n) is 4.40. The van der Waals surface area contributed by atoms with Crippen LogP contribution in [0.25, 0.3) is 10.9 Å². The maximum absolute atomic E-state index is 13.7. The highest BCUT2D eigenvalue weighted by molar-refractivity contribution is 5.79. The molecule has 3 heteroatoms. The molecule has 0 unspecified atom stereocenters. The zero-order valence-electron chi connectivity index (χ0n) is 6.97. The van der Waals surface area contributed by atoms with Gasteiger partial charge >= 0.3 is 0 Å². The van der Waals surface area contributed by atoms with Crippen LogP contribution in [0.1, 0.15) is 24.3 Å². The normalized spacial score (nSPS) is 16.7. The first kappa shape index (κ1) is 7.06. The van der Waals surface area contributed by atoms with Gasteiger partial charge in [0, 0.05) is 0 Å². The third kappa shape index (κ3) is 0.963. The molecule has 1 aliphatic rings. The second-order valence-corrected chi connectivity index (χ2v) is 3.50. The van der Waals surface area contributed by atoms with Crippen LogP contribution >= 0.6 is 0 Å². The molecule has 0 saturated heterocycles. The summed E-state index contributed by atoms with van der Waals surface area (Å²) in [5.41, 5.74) is 1.55. The van der Waals surface area contributed by atoms with E-state index in [1.54, 1.807) is 0 Å². The van der Waals surface area contributed by atoms with E-state index in [4.69, 9.17) is 0 Å². The smallest absolute Gasteiger partial charge is 0.138 e. The fourth-order valence-corrected chi connectivity index (χ4v) is 1.65. The van der Waals surface area contributed by atoms with Crippen LogP contribution in [-0.2, 0) is 0 Å². The van der Waals surface area contributed by atoms with Crippen molar-refractivity contribution >= 4 is 10.9 Å². The van der Waals surface area contributed by atoms with Crippen molar-refractivity contribution in [3.63, 3.8) is 0 Å². The Kier molecular flexibility index (Phi) is 1.26. The van der Waals surface area contributed by atoms with Crippen LogP contribution < -0.4 is 0 Å². The van der Waals surface area contributed by atoms with Crippen molar-refractivity contribution in [2.45, 2.75) is 18.8 Å². The van der Waals surface area contributed by atoms with Crippen LogP contribution in [0.4, 0.5) is 4.39 Å². The topological polar surface area (TPSA) is 28.7 Å². The number of halogens is 1. The maximum atomic E-state index is 13.7. The summed E-state index contributed by atoms with van der Waals surface area (Å²) in [6, 6.07) is 3.72. The summed E-state index contributed by atoms with van der Waals surface area (Å²) in [6.45, 7) is 0. The Balaban J connectivity index is 2.30. The van der Waals surface area contributed by atoms with Crippen LogP contribution in [0.15, 0.2) is 12.1 Å². The lowest BCUT2D eigenvalue weighted by atomic mass is 10.1. The van der Waals surface area contributed by atoms with Gasteiger partial charge in [-0.05, 0) is 30.4 Å². The van der Waals surface area contributed by atoms with E-state index in [9.17, 15) is 4.39 Å². The van der Waals surface area contributed by atoms with Crippen LogP contribution in [0.5, 0.6) is 0 Å². The predicted molar refractivity (Wildman–Crippen MR) is 46.9 cm³/mol. The molecule has 1 aromatic carbocycles. The van der Waals surface area contributed by atoms with Crippen LogP contribution in [0.2, 0.25) is 0 Å². The molecule has 0 amide bonds. The molecule has 65 valence electrons. The van der Waals surface area contributed by atoms with Crippen molar-refractivity contribution < 1.29 is 4.39 Å². The Morgan fingerprint density at radius 3 is 3.08 bits per heavy atom. The van der Waals surface area contributed by atoms with E-state index in [0.29, 0.717) is 11.3 Å². The molecule has 1 aliphatic carbocycles. The molecular weight excluding hydrogens is 167 g/mol. The van der Waals surface area contributed by atoms with Crippen molar-refractivity contribution in [2.24, 2.45) is 0 Å². The molecule has 1 radical (unpaired) electrons. The number of rotatable bonds is 1. The Hall–Kier alpha value is -1.38. The lowest BCUT2D eigenvalue weighted by molar-refractivity contribution is 0.623. The Labute approximate surface area is 74.8 Å². The zero-order valence-corrected chi connectivity index (χ0v) is 6.97. The largest absolute Gasteiger partial charge is 0.277 e. The van der Waals surface area contributed by atoms with Gasteiger partial charge < -0.3 is 0 Å². The van der Waals surface area contributed by atoms with Gasteiger partial charge in [-0.15, -0.1) is 0 Å². The number of hydrogen-bond donors (Lipinski definition) is 1. The summed E-state index contributed by atoms with van der Waals surface area (Å²) in [5.74, 6) is 0.293. The maximum Gasteiger partial charge on any atom is 0.138 e. The number of benzene rings is 1. The first-order chi connectivity index (χ1) is 6.36. The van der Waals surface area contributed by atoms with Crippen LogP contribution in [-0.4, -0.2) is 10.2 Å². The standard InChI is InChI=1S/C10H8FN2/c11-10-7(6-1-2-6)3-4-9-8(10)5-12-13-9/h3-4,6H,1-2H2,(H,12,13). The Morgan fingerprint density at radius 2 is 2.31 bits per heavy atom. The van der Waals surface area contributed by atoms with Gasteiger partial charge in [0.1, 0.15) is 12.0 Å². The molecule has 3 rings (SSSR count). The number of H-pyrrole nitrogens is 1. The van der Waals surface area contributed by atoms with E-state index >= 15 is 0 Å². The van der Waals surface area contributed by atoms with E-state index in [-0.39, 0.29) is 5.82 Å². The second kappa shape index (κ2) is 2.31. The van der Waals surface area contributed by atoms with Gasteiger partial charge in [0.15, 0.2) is 0 Å². The van der Waals surface area contributed by atoms with E-state index in [2.05, 4.69) is 16.4 Å². The average molecular weight is 175 g/mol. The average Bonchev–Trinajstić information content (AvgIpc) is 2.83. The third-order valence-corrected chi connectivity index (χ3v) is 2.53. The minimum absolute atomic E-state index is 0.145. The summed E-state index contributed by atoms with van der Waals surface area (Å²) in [6.07, 6.45) is 4.85. The number of nitrogens with one attached hydrogen (secondary N) is 1. The molecule has 1 fully saturated rings. The number of hydrogen-bond acceptors (Lipinski definition) is 1. The van der Waals surface area contributed by atoms with Gasteiger partial charge in [-0.2, -0.15) is 5.10 Å². The number of aromatic nitrogens is 2. The van der Waals surface area contributed by atoms with Gasteiger partial charge in [0.25, 0.3) is 0 Å². The number of fused-ring (bicyclic) bond motifs is 1. The second-order valence-electron chi connectivity index (χ2n) is 3.50. The highest BCUT2D eigenvalue weighted by Crippen LogP contribution is 2.42. The summed E-state index contributed by atoms with van der Waals surface area (Å²) in [7, 11) is 0. The Morgan fingerprint density at radius 1 is 1.46 bits per heavy atom. The van der Waals surface area contributed by atoms with Gasteiger partial charge in [-0.3, -0.25) is 5.10 Å². The predicted octanol–water partition coefficient (Wildman–Crippen LogP) is 2.38. The summed E-state index contributed by atoms with van der Waals surface area (Å²) < 4.78 is 13.7. The van der Waals surface area contributed by atoms with Crippen molar-refractivity contribution in [1.82, 2.24) is 10.2 Å². The third-order valence-electron chi connectivity index (χ3n) is 2.53. The first-order valence-corrected chi connectivity index (χ1v) is 4.40. The lowest BCUT2D eigenvalue weighted by Gasteiger charge is -1.99. The molecule has 2 aromatic rings. The van der Waals surface area contributed by atoms with Crippen molar-refractivity contribution in [2.75, 3.05) is 0 Å². The summed E-state index contributed by atoms with van der Waals surface area (Å²) in [4.78, 5) is 0. The summed E-state index contributed by atoms with van der Waals surface area (Å²) >= 11 is 0. The molecule has 0 aliphatic heterocycles. The molecular formula is C10H8FN2. The molecule has 0 bridgehead atoms. The molecule has 1 N–H and O–H groups in total. The van der Waals surface area contributed by atoms with E-state index < -0.39 is 0 Å². The van der Waals surface area contributed by atoms with Gasteiger partial charge in [0.05, 0.1) is 10.9 Å². The minimum atomic E-state index is -0.145. The van der Waals surface area contributed by atoms with E-state index in [1.165, 1.54) is 0 Å². The van der Waals surface area contributed by atoms with Gasteiger partial charge in [-0.25, -0.2) is 4.39 Å². The number of aromatic amines is 1. The van der Waals surface area contributed by atoms with Gasteiger partial charge in [0.2, 0.25) is 0 Å². The highest BCUT2D eigenvalue weighted by Gasteiger charge is 2.27. The van der Waals surface area contributed by atoms with Crippen molar-refractivity contribution in [3.8, 4) is 0 Å². The molecule has 0 atom stereocenters. The molecule has 1 heterocycles. The SMILES string of the molecule is Fc1c(C2CC2)ccc2[nH]n[c]c12. The Bertz CT molecular complexity index is 457. The fraction of sp³-hybridized carbons (Fsp3) is 0.300. The molecule has 1 aromatic heterocycles. The molecule has 0 spiro atoms. The van der Waals surface area contributed by atoms with Crippen molar-refractivity contribution in [1.29, 1.82) is 0 Å². The quantitative estimate of drug-likeness (QED) is 0.708. The zero-order chi connectivity index (χ0) is 8.84. The van der Waals surface area contributed by atoms with E-state index in [0.717, 1.165) is 23.9 Å². The van der Waals surface area contributed by atoms with Gasteiger partial charge in [-0.1, -0.05) is 6.07 Å². The van der Waals surface area contributed by atoms with Crippen LogP contribution in [0, 0.1) is 12.0 Å². The summed E-state index contributed by atoms with van der Waals surface area (Å²) in [5, 5.41) is 6.88. The van der Waals surface area contributed by atoms with Crippen molar-refractivity contribution in [3.05, 3.63) is 29.7 Å². The molecule has 2 nitrogen and oxygen atoms in total. The number of nitrogens with zero attached hydrogens (tertiary/aromatic N) is 1. The fourth-order valence-electron chi connectivity index (χ4n) is 1.65. The van der Waals surface area contributed by atoms with Crippen LogP contribution in [0.3, 0.4) is 0 Å².